The second-order valence-corrected chi connectivity index (χ2v) is 9.57. The van der Waals surface area contributed by atoms with Crippen molar-refractivity contribution in [2.45, 2.75) is 51.2 Å². The number of nitrogens with one attached hydrogen (secondary N) is 1. The second kappa shape index (κ2) is 13.3. The van der Waals surface area contributed by atoms with Gasteiger partial charge < -0.3 is 29.7 Å². The Morgan fingerprint density at radius 3 is 2.74 bits per heavy atom. The van der Waals surface area contributed by atoms with Crippen molar-refractivity contribution in [3.63, 3.8) is 0 Å². The summed E-state index contributed by atoms with van der Waals surface area (Å²) < 4.78 is 17.8. The predicted molar refractivity (Wildman–Crippen MR) is 148 cm³/mol. The summed E-state index contributed by atoms with van der Waals surface area (Å²) in [5.41, 5.74) is 3.63. The van der Waals surface area contributed by atoms with E-state index < -0.39 is 12.1 Å². The number of benzene rings is 2. The molecule has 7 heteroatoms. The number of fused-ring (bicyclic) bond motifs is 1. The van der Waals surface area contributed by atoms with E-state index in [-0.39, 0.29) is 18.6 Å². The molecule has 0 saturated carbocycles. The molecule has 7 nitrogen and oxygen atoms in total. The van der Waals surface area contributed by atoms with Crippen molar-refractivity contribution in [2.24, 2.45) is 0 Å². The Bertz CT molecular complexity index is 1180. The van der Waals surface area contributed by atoms with Gasteiger partial charge in [-0.05, 0) is 80.2 Å². The van der Waals surface area contributed by atoms with E-state index in [0.717, 1.165) is 36.1 Å². The minimum Gasteiger partial charge on any atom is -0.490 e. The normalized spacial score (nSPS) is 19.7. The highest BCUT2D eigenvalue weighted by Crippen LogP contribution is 2.37. The molecule has 2 aromatic rings. The number of aliphatic hydroxyl groups excluding tert-OH is 1. The largest absolute Gasteiger partial charge is 0.490 e. The number of carboxylic acids is 1. The lowest BCUT2D eigenvalue weighted by Crippen LogP contribution is -2.38. The smallest absolute Gasteiger partial charge is 0.335 e. The third-order valence-corrected chi connectivity index (χ3v) is 6.70. The lowest BCUT2D eigenvalue weighted by Gasteiger charge is -2.32. The van der Waals surface area contributed by atoms with Gasteiger partial charge in [0.25, 0.3) is 0 Å². The second-order valence-electron chi connectivity index (χ2n) is 9.57. The molecule has 2 aliphatic rings. The van der Waals surface area contributed by atoms with Gasteiger partial charge in [0.15, 0.2) is 11.5 Å². The van der Waals surface area contributed by atoms with E-state index in [2.05, 4.69) is 17.5 Å². The first-order chi connectivity index (χ1) is 18.5. The van der Waals surface area contributed by atoms with Crippen molar-refractivity contribution in [2.75, 3.05) is 26.3 Å². The van der Waals surface area contributed by atoms with Gasteiger partial charge in [-0.3, -0.25) is 0 Å². The van der Waals surface area contributed by atoms with Crippen LogP contribution in [0.25, 0.3) is 6.08 Å². The number of carbonyl (C=O) groups is 1. The molecule has 38 heavy (non-hydrogen) atoms. The first-order valence-corrected chi connectivity index (χ1v) is 13.3. The summed E-state index contributed by atoms with van der Waals surface area (Å²) in [5, 5.41) is 22.9. The molecular formula is C31H37NO6. The summed E-state index contributed by atoms with van der Waals surface area (Å²) in [6.07, 6.45) is 10.4. The summed E-state index contributed by atoms with van der Waals surface area (Å²) in [6.45, 7) is 5.63. The van der Waals surface area contributed by atoms with Crippen LogP contribution in [0.15, 0.2) is 72.0 Å². The third-order valence-electron chi connectivity index (χ3n) is 6.70. The SMILES string of the molecule is C/C=C/c1ccc(OCC)c(OCC(O)CNC[C@H]2CCC3=CC(c4ccc(C(=O)O)cc4)CC=C3O2)c1. The molecule has 1 fully saturated rings. The average Bonchev–Trinajstić information content (AvgIpc) is 2.93. The number of hydrogen-bond donors (Lipinski definition) is 3. The molecule has 202 valence electrons. The van der Waals surface area contributed by atoms with Gasteiger partial charge in [-0.25, -0.2) is 4.79 Å². The summed E-state index contributed by atoms with van der Waals surface area (Å²) in [5.74, 6) is 1.55. The fraction of sp³-hybridized carbons (Fsp3) is 0.387. The Hall–Kier alpha value is -3.55. The number of ether oxygens (including phenoxy) is 3. The molecule has 2 aromatic carbocycles. The quantitative estimate of drug-likeness (QED) is 0.349. The first kappa shape index (κ1) is 27.5. The minimum absolute atomic E-state index is 0.0417. The highest BCUT2D eigenvalue weighted by molar-refractivity contribution is 5.87. The molecule has 1 aliphatic carbocycles. The van der Waals surface area contributed by atoms with Crippen LogP contribution in [0.2, 0.25) is 0 Å². The number of hydrogen-bond acceptors (Lipinski definition) is 6. The molecule has 0 spiro atoms. The molecule has 1 heterocycles. The van der Waals surface area contributed by atoms with Crippen LogP contribution in [-0.4, -0.2) is 54.7 Å². The monoisotopic (exact) mass is 519 g/mol. The van der Waals surface area contributed by atoms with Crippen LogP contribution in [-0.2, 0) is 4.74 Å². The standard InChI is InChI=1S/C31H37NO6/c1-3-5-21-6-14-29(36-4-2)30(16-21)37-20-26(33)18-32-19-27-13-11-25-17-24(12-15-28(25)38-27)22-7-9-23(10-8-22)31(34)35/h3,5-10,14-17,24,26-27,32-33H,4,11-13,18-20H2,1-2H3,(H,34,35)/b5-3+/t24?,26?,27-/m1/s1. The van der Waals surface area contributed by atoms with E-state index in [1.165, 1.54) is 5.57 Å². The summed E-state index contributed by atoms with van der Waals surface area (Å²) in [4.78, 5) is 11.1. The number of aliphatic hydroxyl groups is 1. The van der Waals surface area contributed by atoms with Crippen LogP contribution >= 0.6 is 0 Å². The predicted octanol–water partition coefficient (Wildman–Crippen LogP) is 5.32. The Kier molecular flexibility index (Phi) is 9.62. The van der Waals surface area contributed by atoms with Crippen molar-refractivity contribution in [1.29, 1.82) is 0 Å². The fourth-order valence-electron chi connectivity index (χ4n) is 4.76. The molecule has 1 saturated heterocycles. The molecule has 0 aromatic heterocycles. The molecule has 0 amide bonds. The molecule has 1 aliphatic heterocycles. The zero-order valence-corrected chi connectivity index (χ0v) is 22.1. The summed E-state index contributed by atoms with van der Waals surface area (Å²) in [6, 6.07) is 12.9. The molecule has 0 radical (unpaired) electrons. The maximum Gasteiger partial charge on any atom is 0.335 e. The van der Waals surface area contributed by atoms with Gasteiger partial charge in [-0.1, -0.05) is 36.4 Å². The number of rotatable bonds is 12. The Morgan fingerprint density at radius 2 is 2.00 bits per heavy atom. The van der Waals surface area contributed by atoms with E-state index in [4.69, 9.17) is 19.3 Å². The third kappa shape index (κ3) is 7.27. The van der Waals surface area contributed by atoms with Crippen molar-refractivity contribution in [3.8, 4) is 11.5 Å². The first-order valence-electron chi connectivity index (χ1n) is 13.3. The van der Waals surface area contributed by atoms with Crippen LogP contribution in [0.3, 0.4) is 0 Å². The molecule has 3 atom stereocenters. The van der Waals surface area contributed by atoms with Crippen molar-refractivity contribution >= 4 is 12.0 Å². The number of carboxylic acid groups (broad SMARTS) is 1. The Balaban J connectivity index is 1.22. The van der Waals surface area contributed by atoms with Crippen LogP contribution in [0, 0.1) is 0 Å². The van der Waals surface area contributed by atoms with Gasteiger partial charge in [0.1, 0.15) is 24.6 Å². The van der Waals surface area contributed by atoms with E-state index in [0.29, 0.717) is 36.8 Å². The zero-order valence-electron chi connectivity index (χ0n) is 22.1. The van der Waals surface area contributed by atoms with Crippen molar-refractivity contribution < 1.29 is 29.2 Å². The Labute approximate surface area is 224 Å². The molecule has 0 bridgehead atoms. The van der Waals surface area contributed by atoms with Crippen LogP contribution < -0.4 is 14.8 Å². The highest BCUT2D eigenvalue weighted by atomic mass is 16.5. The minimum atomic E-state index is -0.910. The van der Waals surface area contributed by atoms with Crippen molar-refractivity contribution in [3.05, 3.63) is 88.7 Å². The lowest BCUT2D eigenvalue weighted by atomic mass is 9.85. The maximum absolute atomic E-state index is 11.1. The molecule has 3 N–H and O–H groups in total. The van der Waals surface area contributed by atoms with Gasteiger partial charge in [0, 0.05) is 19.0 Å². The fourth-order valence-corrected chi connectivity index (χ4v) is 4.76. The summed E-state index contributed by atoms with van der Waals surface area (Å²) in [7, 11) is 0. The number of allylic oxidation sites excluding steroid dienone is 4. The van der Waals surface area contributed by atoms with Crippen LogP contribution in [0.4, 0.5) is 0 Å². The average molecular weight is 520 g/mol. The topological polar surface area (TPSA) is 97.2 Å². The summed E-state index contributed by atoms with van der Waals surface area (Å²) >= 11 is 0. The van der Waals surface area contributed by atoms with E-state index in [9.17, 15) is 9.90 Å². The van der Waals surface area contributed by atoms with E-state index >= 15 is 0 Å². The molecule has 4 rings (SSSR count). The molecular weight excluding hydrogens is 482 g/mol. The van der Waals surface area contributed by atoms with Gasteiger partial charge in [0.2, 0.25) is 0 Å². The number of aromatic carboxylic acids is 1. The van der Waals surface area contributed by atoms with Crippen LogP contribution in [0.1, 0.15) is 60.5 Å². The van der Waals surface area contributed by atoms with Crippen LogP contribution in [0.5, 0.6) is 11.5 Å². The van der Waals surface area contributed by atoms with Gasteiger partial charge in [-0.15, -0.1) is 0 Å². The zero-order chi connectivity index (χ0) is 26.9. The van der Waals surface area contributed by atoms with E-state index in [1.54, 1.807) is 12.1 Å². The van der Waals surface area contributed by atoms with Gasteiger partial charge >= 0.3 is 5.97 Å². The maximum atomic E-state index is 11.1. The molecule has 2 unspecified atom stereocenters. The van der Waals surface area contributed by atoms with Crippen molar-refractivity contribution in [1.82, 2.24) is 5.32 Å². The lowest BCUT2D eigenvalue weighted by molar-refractivity contribution is 0.0696. The van der Waals surface area contributed by atoms with Gasteiger partial charge in [-0.2, -0.15) is 0 Å². The highest BCUT2D eigenvalue weighted by Gasteiger charge is 2.26. The van der Waals surface area contributed by atoms with Gasteiger partial charge in [0.05, 0.1) is 12.2 Å². The van der Waals surface area contributed by atoms with E-state index in [1.807, 2.05) is 56.3 Å². The Morgan fingerprint density at radius 1 is 1.18 bits per heavy atom.